The first-order chi connectivity index (χ1) is 9.62. The molecule has 0 saturated heterocycles. The first kappa shape index (κ1) is 13.5. The van der Waals surface area contributed by atoms with Crippen molar-refractivity contribution in [2.45, 2.75) is 56.4 Å². The van der Waals surface area contributed by atoms with Crippen molar-refractivity contribution in [1.82, 2.24) is 10.3 Å². The normalized spacial score (nSPS) is 21.4. The topological polar surface area (TPSA) is 85.1 Å². The van der Waals surface area contributed by atoms with Crippen LogP contribution in [0, 0.1) is 0 Å². The highest BCUT2D eigenvalue weighted by Crippen LogP contribution is 2.42. The Labute approximate surface area is 122 Å². The average Bonchev–Trinajstić information content (AvgIpc) is 3.16. The highest BCUT2D eigenvalue weighted by atomic mass is 32.1. The van der Waals surface area contributed by atoms with Crippen LogP contribution in [0.3, 0.4) is 0 Å². The third kappa shape index (κ3) is 2.44. The van der Waals surface area contributed by atoms with Gasteiger partial charge in [0.05, 0.1) is 11.2 Å². The van der Waals surface area contributed by atoms with Crippen molar-refractivity contribution in [2.75, 3.05) is 0 Å². The number of carbonyl (C=O) groups excluding carboxylic acids is 2. The third-order valence-corrected chi connectivity index (χ3v) is 5.14. The summed E-state index contributed by atoms with van der Waals surface area (Å²) in [6.07, 6.45) is 6.45. The van der Waals surface area contributed by atoms with Crippen LogP contribution < -0.4 is 11.1 Å². The Morgan fingerprint density at radius 3 is 2.60 bits per heavy atom. The fraction of sp³-hybridized carbons (Fsp3) is 0.643. The molecule has 0 bridgehead atoms. The van der Waals surface area contributed by atoms with Gasteiger partial charge in [-0.1, -0.05) is 19.3 Å². The number of nitrogens with one attached hydrogen (secondary N) is 1. The van der Waals surface area contributed by atoms with Gasteiger partial charge in [-0.25, -0.2) is 4.98 Å². The minimum atomic E-state index is -0.861. The summed E-state index contributed by atoms with van der Waals surface area (Å²) in [6, 6.07) is 0. The SMILES string of the molecule is NC(=O)C1(NC(=O)c2scnc2C2CC2)CCCCC1. The molecule has 0 aromatic carbocycles. The zero-order chi connectivity index (χ0) is 14.2. The van der Waals surface area contributed by atoms with Gasteiger partial charge >= 0.3 is 0 Å². The summed E-state index contributed by atoms with van der Waals surface area (Å²) >= 11 is 1.35. The molecule has 20 heavy (non-hydrogen) atoms. The van der Waals surface area contributed by atoms with Gasteiger partial charge in [-0.3, -0.25) is 9.59 Å². The standard InChI is InChI=1S/C14H19N3O2S/c15-13(19)14(6-2-1-3-7-14)17-12(18)11-10(9-4-5-9)16-8-20-11/h8-9H,1-7H2,(H2,15,19)(H,17,18). The van der Waals surface area contributed by atoms with Gasteiger partial charge in [0.1, 0.15) is 10.4 Å². The van der Waals surface area contributed by atoms with Crippen LogP contribution in [-0.4, -0.2) is 22.3 Å². The van der Waals surface area contributed by atoms with Crippen molar-refractivity contribution in [3.05, 3.63) is 16.1 Å². The van der Waals surface area contributed by atoms with Crippen LogP contribution in [0.1, 0.15) is 66.2 Å². The number of hydrogen-bond donors (Lipinski definition) is 2. The second-order valence-electron chi connectivity index (χ2n) is 5.80. The van der Waals surface area contributed by atoms with Gasteiger partial charge in [0.25, 0.3) is 5.91 Å². The maximum Gasteiger partial charge on any atom is 0.264 e. The summed E-state index contributed by atoms with van der Waals surface area (Å²) in [7, 11) is 0. The van der Waals surface area contributed by atoms with Gasteiger partial charge in [-0.05, 0) is 25.7 Å². The van der Waals surface area contributed by atoms with E-state index in [1.807, 2.05) is 0 Å². The Morgan fingerprint density at radius 1 is 1.30 bits per heavy atom. The second-order valence-corrected chi connectivity index (χ2v) is 6.66. The predicted molar refractivity (Wildman–Crippen MR) is 76.6 cm³/mol. The van der Waals surface area contributed by atoms with E-state index in [4.69, 9.17) is 5.73 Å². The quantitative estimate of drug-likeness (QED) is 0.889. The Balaban J connectivity index is 1.79. The van der Waals surface area contributed by atoms with E-state index in [1.165, 1.54) is 11.3 Å². The van der Waals surface area contributed by atoms with Crippen molar-refractivity contribution in [1.29, 1.82) is 0 Å². The Kier molecular flexibility index (Phi) is 3.50. The van der Waals surface area contributed by atoms with Gasteiger partial charge in [0, 0.05) is 5.92 Å². The molecule has 3 rings (SSSR count). The lowest BCUT2D eigenvalue weighted by molar-refractivity contribution is -0.125. The van der Waals surface area contributed by atoms with E-state index in [2.05, 4.69) is 10.3 Å². The third-order valence-electron chi connectivity index (χ3n) is 4.30. The van der Waals surface area contributed by atoms with Gasteiger partial charge in [0.2, 0.25) is 5.91 Å². The number of primary amides is 1. The lowest BCUT2D eigenvalue weighted by Crippen LogP contribution is -2.58. The molecule has 0 radical (unpaired) electrons. The number of hydrogen-bond acceptors (Lipinski definition) is 4. The van der Waals surface area contributed by atoms with Gasteiger partial charge < -0.3 is 11.1 Å². The molecule has 2 aliphatic rings. The predicted octanol–water partition coefficient (Wildman–Crippen LogP) is 1.94. The molecule has 2 amide bonds. The zero-order valence-electron chi connectivity index (χ0n) is 11.4. The first-order valence-corrected chi connectivity index (χ1v) is 8.06. The molecule has 0 aliphatic heterocycles. The molecular weight excluding hydrogens is 274 g/mol. The maximum absolute atomic E-state index is 12.5. The lowest BCUT2D eigenvalue weighted by Gasteiger charge is -2.34. The van der Waals surface area contributed by atoms with Crippen molar-refractivity contribution >= 4 is 23.2 Å². The van der Waals surface area contributed by atoms with E-state index in [0.717, 1.165) is 37.8 Å². The zero-order valence-corrected chi connectivity index (χ0v) is 12.2. The fourth-order valence-electron chi connectivity index (χ4n) is 2.93. The minimum Gasteiger partial charge on any atom is -0.368 e. The van der Waals surface area contributed by atoms with Crippen molar-refractivity contribution < 1.29 is 9.59 Å². The number of carbonyl (C=O) groups is 2. The van der Waals surface area contributed by atoms with E-state index >= 15 is 0 Å². The lowest BCUT2D eigenvalue weighted by atomic mass is 9.81. The highest BCUT2D eigenvalue weighted by molar-refractivity contribution is 7.11. The molecule has 2 fully saturated rings. The minimum absolute atomic E-state index is 0.185. The molecule has 1 heterocycles. The molecule has 108 valence electrons. The Bertz CT molecular complexity index is 530. The van der Waals surface area contributed by atoms with E-state index in [0.29, 0.717) is 23.6 Å². The number of aromatic nitrogens is 1. The van der Waals surface area contributed by atoms with Crippen LogP contribution >= 0.6 is 11.3 Å². The molecule has 2 saturated carbocycles. The van der Waals surface area contributed by atoms with Gasteiger partial charge in [-0.15, -0.1) is 11.3 Å². The van der Waals surface area contributed by atoms with Crippen LogP contribution in [0.4, 0.5) is 0 Å². The molecule has 5 nitrogen and oxygen atoms in total. The smallest absolute Gasteiger partial charge is 0.264 e. The van der Waals surface area contributed by atoms with Crippen molar-refractivity contribution in [3.63, 3.8) is 0 Å². The molecule has 3 N–H and O–H groups in total. The van der Waals surface area contributed by atoms with E-state index < -0.39 is 11.4 Å². The summed E-state index contributed by atoms with van der Waals surface area (Å²) in [6.45, 7) is 0. The number of rotatable bonds is 4. The van der Waals surface area contributed by atoms with Crippen LogP contribution in [0.15, 0.2) is 5.51 Å². The first-order valence-electron chi connectivity index (χ1n) is 7.18. The van der Waals surface area contributed by atoms with E-state index in [-0.39, 0.29) is 5.91 Å². The largest absolute Gasteiger partial charge is 0.368 e. The fourth-order valence-corrected chi connectivity index (χ4v) is 3.70. The highest BCUT2D eigenvalue weighted by Gasteiger charge is 2.40. The Hall–Kier alpha value is -1.43. The van der Waals surface area contributed by atoms with Crippen molar-refractivity contribution in [2.24, 2.45) is 5.73 Å². The second kappa shape index (κ2) is 5.16. The monoisotopic (exact) mass is 293 g/mol. The van der Waals surface area contributed by atoms with Gasteiger partial charge in [-0.2, -0.15) is 0 Å². The summed E-state index contributed by atoms with van der Waals surface area (Å²) in [4.78, 5) is 29.2. The molecule has 0 unspecified atom stereocenters. The number of thiazole rings is 1. The average molecular weight is 293 g/mol. The van der Waals surface area contributed by atoms with E-state index in [9.17, 15) is 9.59 Å². The molecule has 1 aromatic rings. The summed E-state index contributed by atoms with van der Waals surface area (Å²) in [5.74, 6) is -0.170. The number of amides is 2. The molecule has 1 aromatic heterocycles. The molecule has 0 spiro atoms. The van der Waals surface area contributed by atoms with Crippen LogP contribution in [-0.2, 0) is 4.79 Å². The van der Waals surface area contributed by atoms with E-state index in [1.54, 1.807) is 5.51 Å². The molecule has 0 atom stereocenters. The summed E-state index contributed by atoms with van der Waals surface area (Å²) < 4.78 is 0. The van der Waals surface area contributed by atoms with Gasteiger partial charge in [0.15, 0.2) is 0 Å². The van der Waals surface area contributed by atoms with Crippen molar-refractivity contribution in [3.8, 4) is 0 Å². The Morgan fingerprint density at radius 2 is 2.00 bits per heavy atom. The summed E-state index contributed by atoms with van der Waals surface area (Å²) in [5.41, 5.74) is 7.29. The number of nitrogens with zero attached hydrogens (tertiary/aromatic N) is 1. The van der Waals surface area contributed by atoms with Crippen LogP contribution in [0.5, 0.6) is 0 Å². The maximum atomic E-state index is 12.5. The summed E-state index contributed by atoms with van der Waals surface area (Å²) in [5, 5.41) is 2.91. The van der Waals surface area contributed by atoms with Crippen LogP contribution in [0.2, 0.25) is 0 Å². The molecular formula is C14H19N3O2S. The van der Waals surface area contributed by atoms with Crippen LogP contribution in [0.25, 0.3) is 0 Å². The molecule has 2 aliphatic carbocycles. The molecule has 6 heteroatoms. The number of nitrogens with two attached hydrogens (primary N) is 1.